The molecule has 0 saturated carbocycles. The zero-order chi connectivity index (χ0) is 19.9. The lowest BCUT2D eigenvalue weighted by Crippen LogP contribution is -2.41. The van der Waals surface area contributed by atoms with Gasteiger partial charge < -0.3 is 14.4 Å². The Bertz CT molecular complexity index is 524. The lowest BCUT2D eigenvalue weighted by atomic mass is 10.1. The van der Waals surface area contributed by atoms with E-state index in [1.54, 1.807) is 0 Å². The summed E-state index contributed by atoms with van der Waals surface area (Å²) in [6, 6.07) is 0. The van der Waals surface area contributed by atoms with Gasteiger partial charge >= 0.3 is 0 Å². The summed E-state index contributed by atoms with van der Waals surface area (Å²) in [5.74, 6) is 2.16. The summed E-state index contributed by atoms with van der Waals surface area (Å²) >= 11 is 0. The second-order valence-electron chi connectivity index (χ2n) is 7.56. The van der Waals surface area contributed by atoms with Gasteiger partial charge in [0.15, 0.2) is 0 Å². The summed E-state index contributed by atoms with van der Waals surface area (Å²) in [5.41, 5.74) is 0. The minimum Gasteiger partial charge on any atom is -0.748 e. The van der Waals surface area contributed by atoms with Crippen LogP contribution in [0.3, 0.4) is 0 Å². The molecule has 152 valence electrons. The van der Waals surface area contributed by atoms with E-state index in [0.29, 0.717) is 19.4 Å². The van der Waals surface area contributed by atoms with Gasteiger partial charge in [0.1, 0.15) is 0 Å². The van der Waals surface area contributed by atoms with Crippen molar-refractivity contribution in [2.75, 3.05) is 39.5 Å². The number of rotatable bonds is 16. The average Bonchev–Trinajstić information content (AvgIpc) is 2.53. The maximum absolute atomic E-state index is 11.4. The van der Waals surface area contributed by atoms with E-state index < -0.39 is 10.1 Å². The monoisotopic (exact) mass is 388 g/mol. The third kappa shape index (κ3) is 17.7. The van der Waals surface area contributed by atoms with E-state index in [-0.39, 0.29) is 11.7 Å². The molecule has 0 unspecified atom stereocenters. The first kappa shape index (κ1) is 24.9. The van der Waals surface area contributed by atoms with Crippen molar-refractivity contribution in [3.05, 3.63) is 0 Å². The quantitative estimate of drug-likeness (QED) is 0.190. The van der Waals surface area contributed by atoms with Gasteiger partial charge in [-0.15, -0.1) is 6.42 Å². The summed E-state index contributed by atoms with van der Waals surface area (Å²) < 4.78 is 32.6. The van der Waals surface area contributed by atoms with Crippen LogP contribution in [0.15, 0.2) is 0 Å². The van der Waals surface area contributed by atoms with Crippen LogP contribution in [0.2, 0.25) is 0 Å². The van der Waals surface area contributed by atoms with Gasteiger partial charge in [-0.05, 0) is 19.3 Å². The molecule has 0 fully saturated rings. The molecule has 1 amide bonds. The van der Waals surface area contributed by atoms with Gasteiger partial charge in [-0.25, -0.2) is 8.42 Å². The number of quaternary nitrogens is 1. The average molecular weight is 389 g/mol. The van der Waals surface area contributed by atoms with E-state index in [4.69, 9.17) is 6.42 Å². The Kier molecular flexibility index (Phi) is 13.4. The van der Waals surface area contributed by atoms with Crippen molar-refractivity contribution in [3.63, 3.8) is 0 Å². The molecule has 0 aromatic heterocycles. The number of nitrogens with one attached hydrogen (secondary N) is 1. The highest BCUT2D eigenvalue weighted by Gasteiger charge is 2.14. The Balaban J connectivity index is 3.47. The number of hydrogen-bond acceptors (Lipinski definition) is 4. The van der Waals surface area contributed by atoms with Crippen LogP contribution in [0, 0.1) is 12.3 Å². The molecule has 0 aliphatic rings. The van der Waals surface area contributed by atoms with Crippen molar-refractivity contribution in [1.29, 1.82) is 0 Å². The summed E-state index contributed by atoms with van der Waals surface area (Å²) in [5, 5.41) is 2.67. The molecule has 7 heteroatoms. The predicted octanol–water partition coefficient (Wildman–Crippen LogP) is 2.26. The second-order valence-corrected chi connectivity index (χ2v) is 9.08. The highest BCUT2D eigenvalue weighted by molar-refractivity contribution is 7.85. The topological polar surface area (TPSA) is 86.3 Å². The fraction of sp³-hybridized carbons (Fsp3) is 0.842. The van der Waals surface area contributed by atoms with Crippen molar-refractivity contribution in [1.82, 2.24) is 5.32 Å². The molecule has 0 saturated heterocycles. The van der Waals surface area contributed by atoms with Crippen LogP contribution < -0.4 is 5.32 Å². The summed E-state index contributed by atoms with van der Waals surface area (Å²) in [6.07, 6.45) is 15.1. The zero-order valence-electron chi connectivity index (χ0n) is 16.5. The first-order chi connectivity index (χ1) is 12.2. The largest absolute Gasteiger partial charge is 0.748 e. The Morgan fingerprint density at radius 2 is 1.46 bits per heavy atom. The van der Waals surface area contributed by atoms with Crippen LogP contribution in [0.4, 0.5) is 0 Å². The van der Waals surface area contributed by atoms with E-state index in [1.807, 2.05) is 0 Å². The molecule has 0 aliphatic heterocycles. The Morgan fingerprint density at radius 3 is 2.00 bits per heavy atom. The second kappa shape index (κ2) is 14.0. The highest BCUT2D eigenvalue weighted by atomic mass is 32.2. The van der Waals surface area contributed by atoms with Crippen LogP contribution >= 0.6 is 0 Å². The molecule has 0 aromatic carbocycles. The number of hydrogen-bond donors (Lipinski definition) is 1. The van der Waals surface area contributed by atoms with Gasteiger partial charge in [0.25, 0.3) is 0 Å². The smallest absolute Gasteiger partial charge is 0.220 e. The van der Waals surface area contributed by atoms with Crippen LogP contribution in [0.25, 0.3) is 0 Å². The van der Waals surface area contributed by atoms with Gasteiger partial charge in [0, 0.05) is 18.6 Å². The number of carbonyl (C=O) groups excluding carboxylic acids is 1. The molecule has 0 bridgehead atoms. The number of terminal acetylenes is 1. The SMILES string of the molecule is C#CCNC(=O)CCCCCCCCCC[N+](C)(C)CCCS(=O)(=O)[O-]. The van der Waals surface area contributed by atoms with Gasteiger partial charge in [-0.2, -0.15) is 0 Å². The predicted molar refractivity (Wildman–Crippen MR) is 104 cm³/mol. The maximum Gasteiger partial charge on any atom is 0.220 e. The fourth-order valence-electron chi connectivity index (χ4n) is 2.91. The standard InChI is InChI=1S/C19H36N2O4S/c1-4-15-20-19(22)14-11-9-7-5-6-8-10-12-16-21(2,3)17-13-18-26(23,24)25/h1H,5-18H2,2-3H3,(H-,20,22,23,24,25). The van der Waals surface area contributed by atoms with Crippen molar-refractivity contribution >= 4 is 16.0 Å². The lowest BCUT2D eigenvalue weighted by Gasteiger charge is -2.30. The molecule has 0 spiro atoms. The van der Waals surface area contributed by atoms with Gasteiger partial charge in [-0.3, -0.25) is 4.79 Å². The van der Waals surface area contributed by atoms with Crippen LogP contribution in [-0.2, 0) is 14.9 Å². The van der Waals surface area contributed by atoms with Crippen LogP contribution in [0.5, 0.6) is 0 Å². The lowest BCUT2D eigenvalue weighted by molar-refractivity contribution is -0.890. The number of carbonyl (C=O) groups is 1. The molecule has 26 heavy (non-hydrogen) atoms. The molecule has 0 aromatic rings. The zero-order valence-corrected chi connectivity index (χ0v) is 17.3. The minimum absolute atomic E-state index is 0.0385. The van der Waals surface area contributed by atoms with E-state index >= 15 is 0 Å². The molecule has 0 atom stereocenters. The first-order valence-electron chi connectivity index (χ1n) is 9.62. The molecule has 0 radical (unpaired) electrons. The maximum atomic E-state index is 11.4. The first-order valence-corrected chi connectivity index (χ1v) is 11.2. The Labute approximate surface area is 160 Å². The van der Waals surface area contributed by atoms with Crippen LogP contribution in [-0.4, -0.2) is 62.8 Å². The van der Waals surface area contributed by atoms with Gasteiger partial charge in [-0.1, -0.05) is 38.0 Å². The number of nitrogens with zero attached hydrogens (tertiary/aromatic N) is 1. The molecular formula is C19H36N2O4S. The van der Waals surface area contributed by atoms with Crippen molar-refractivity contribution in [2.24, 2.45) is 0 Å². The van der Waals surface area contributed by atoms with E-state index in [2.05, 4.69) is 25.3 Å². The third-order valence-corrected chi connectivity index (χ3v) is 5.25. The van der Waals surface area contributed by atoms with Crippen LogP contribution in [0.1, 0.15) is 64.2 Å². The van der Waals surface area contributed by atoms with E-state index in [9.17, 15) is 17.8 Å². The molecule has 0 heterocycles. The Morgan fingerprint density at radius 1 is 0.962 bits per heavy atom. The number of unbranched alkanes of at least 4 members (excludes halogenated alkanes) is 7. The summed E-state index contributed by atoms with van der Waals surface area (Å²) in [6.45, 7) is 2.04. The van der Waals surface area contributed by atoms with Crippen molar-refractivity contribution < 1.29 is 22.2 Å². The molecule has 0 aliphatic carbocycles. The highest BCUT2D eigenvalue weighted by Crippen LogP contribution is 2.11. The number of amides is 1. The molecule has 0 rings (SSSR count). The molecular weight excluding hydrogens is 352 g/mol. The summed E-state index contributed by atoms with van der Waals surface area (Å²) in [4.78, 5) is 11.4. The van der Waals surface area contributed by atoms with Crippen molar-refractivity contribution in [2.45, 2.75) is 64.2 Å². The normalized spacial score (nSPS) is 11.9. The third-order valence-electron chi connectivity index (χ3n) is 4.46. The van der Waals surface area contributed by atoms with E-state index in [1.165, 1.54) is 25.7 Å². The fourth-order valence-corrected chi connectivity index (χ4v) is 3.39. The minimum atomic E-state index is -4.09. The van der Waals surface area contributed by atoms with Gasteiger partial charge in [0.2, 0.25) is 5.91 Å². The van der Waals surface area contributed by atoms with Gasteiger partial charge in [0.05, 0.1) is 43.8 Å². The van der Waals surface area contributed by atoms with E-state index in [0.717, 1.165) is 43.3 Å². The van der Waals surface area contributed by atoms with Crippen molar-refractivity contribution in [3.8, 4) is 12.3 Å². The molecule has 6 nitrogen and oxygen atoms in total. The summed E-state index contributed by atoms with van der Waals surface area (Å²) in [7, 11) is 0.0731. The molecule has 1 N–H and O–H groups in total. The Hall–Kier alpha value is -1.10.